The van der Waals surface area contributed by atoms with Crippen LogP contribution in [0.1, 0.15) is 24.9 Å². The van der Waals surface area contributed by atoms with Crippen molar-refractivity contribution >= 4 is 16.7 Å². The van der Waals surface area contributed by atoms with Crippen LogP contribution in [0.3, 0.4) is 0 Å². The van der Waals surface area contributed by atoms with E-state index in [0.717, 1.165) is 19.5 Å². The normalized spacial score (nSPS) is 28.6. The third kappa shape index (κ3) is 2.59. The third-order valence-electron chi connectivity index (χ3n) is 5.66. The zero-order valence-corrected chi connectivity index (χ0v) is 13.9. The summed E-state index contributed by atoms with van der Waals surface area (Å²) in [5.41, 5.74) is 13.8. The molecular weight excluding hydrogens is 300 g/mol. The molecule has 126 valence electrons. The van der Waals surface area contributed by atoms with Gasteiger partial charge in [-0.25, -0.2) is 5.43 Å². The second-order valence-corrected chi connectivity index (χ2v) is 6.97. The van der Waals surface area contributed by atoms with E-state index in [0.29, 0.717) is 12.0 Å². The minimum absolute atomic E-state index is 0.209. The van der Waals surface area contributed by atoms with Crippen LogP contribution in [0.5, 0.6) is 0 Å². The van der Waals surface area contributed by atoms with Crippen molar-refractivity contribution in [2.24, 2.45) is 11.7 Å². The first-order chi connectivity index (χ1) is 11.6. The topological polar surface area (TPSA) is 70.4 Å². The highest BCUT2D eigenvalue weighted by Gasteiger charge is 2.42. The number of amides is 1. The molecule has 4 unspecified atom stereocenters. The van der Waals surface area contributed by atoms with E-state index < -0.39 is 0 Å². The summed E-state index contributed by atoms with van der Waals surface area (Å²) in [5, 5.41) is 2.55. The van der Waals surface area contributed by atoms with Crippen molar-refractivity contribution < 1.29 is 4.79 Å². The van der Waals surface area contributed by atoms with Gasteiger partial charge in [-0.3, -0.25) is 15.1 Å². The summed E-state index contributed by atoms with van der Waals surface area (Å²) in [4.78, 5) is 13.8. The van der Waals surface area contributed by atoms with Gasteiger partial charge in [0, 0.05) is 25.0 Å². The Hall–Kier alpha value is -1.95. The van der Waals surface area contributed by atoms with Crippen molar-refractivity contribution in [2.45, 2.75) is 31.5 Å². The van der Waals surface area contributed by atoms with E-state index in [-0.39, 0.29) is 18.0 Å². The van der Waals surface area contributed by atoms with Crippen LogP contribution in [-0.2, 0) is 4.79 Å². The number of piperidine rings is 1. The Bertz CT molecular complexity index is 757. The van der Waals surface area contributed by atoms with Gasteiger partial charge >= 0.3 is 0 Å². The Morgan fingerprint density at radius 2 is 2.00 bits per heavy atom. The van der Waals surface area contributed by atoms with Crippen molar-refractivity contribution in [1.29, 1.82) is 0 Å². The average Bonchev–Trinajstić information content (AvgIpc) is 3.03. The van der Waals surface area contributed by atoms with Crippen LogP contribution in [0.4, 0.5) is 0 Å². The summed E-state index contributed by atoms with van der Waals surface area (Å²) in [7, 11) is 0. The first kappa shape index (κ1) is 15.6. The van der Waals surface area contributed by atoms with Gasteiger partial charge in [-0.15, -0.1) is 0 Å². The lowest BCUT2D eigenvalue weighted by atomic mass is 9.83. The van der Waals surface area contributed by atoms with Crippen LogP contribution in [-0.4, -0.2) is 36.0 Å². The Balaban J connectivity index is 1.65. The molecule has 5 heteroatoms. The quantitative estimate of drug-likeness (QED) is 0.801. The minimum Gasteiger partial charge on any atom is -0.368 e. The highest BCUT2D eigenvalue weighted by molar-refractivity contribution is 5.86. The molecule has 0 radical (unpaired) electrons. The lowest BCUT2D eigenvalue weighted by Gasteiger charge is -2.38. The van der Waals surface area contributed by atoms with Crippen molar-refractivity contribution in [2.75, 3.05) is 13.1 Å². The number of hydrogen-bond acceptors (Lipinski definition) is 4. The fourth-order valence-electron chi connectivity index (χ4n) is 4.19. The zero-order chi connectivity index (χ0) is 16.7. The number of hydrazine groups is 1. The van der Waals surface area contributed by atoms with Gasteiger partial charge in [0.05, 0.1) is 12.1 Å². The summed E-state index contributed by atoms with van der Waals surface area (Å²) >= 11 is 0. The number of primary amides is 1. The Kier molecular flexibility index (Phi) is 4.00. The predicted octanol–water partition coefficient (Wildman–Crippen LogP) is 1.55. The van der Waals surface area contributed by atoms with Gasteiger partial charge in [0.2, 0.25) is 5.91 Å². The number of hydrogen-bond donors (Lipinski definition) is 3. The second-order valence-electron chi connectivity index (χ2n) is 6.97. The lowest BCUT2D eigenvalue weighted by molar-refractivity contribution is -0.123. The Morgan fingerprint density at radius 1 is 1.21 bits per heavy atom. The molecule has 4 atom stereocenters. The lowest BCUT2D eigenvalue weighted by Crippen LogP contribution is -2.52. The molecule has 24 heavy (non-hydrogen) atoms. The molecule has 4 rings (SSSR count). The van der Waals surface area contributed by atoms with Crippen LogP contribution in [0.15, 0.2) is 42.5 Å². The molecule has 2 saturated heterocycles. The molecule has 0 aliphatic carbocycles. The maximum Gasteiger partial charge on any atom is 0.234 e. The molecule has 0 bridgehead atoms. The number of nitrogens with two attached hydrogens (primary N) is 1. The smallest absolute Gasteiger partial charge is 0.234 e. The van der Waals surface area contributed by atoms with Crippen LogP contribution in [0.25, 0.3) is 10.8 Å². The average molecular weight is 324 g/mol. The van der Waals surface area contributed by atoms with Gasteiger partial charge in [-0.2, -0.15) is 0 Å². The SMILES string of the molecule is CC(C(N)=O)N1CCC2NNC(c3cccc4ccccc34)C2C1. The number of nitrogens with one attached hydrogen (secondary N) is 2. The van der Waals surface area contributed by atoms with Gasteiger partial charge in [0.1, 0.15) is 0 Å². The van der Waals surface area contributed by atoms with Crippen LogP contribution in [0, 0.1) is 5.92 Å². The second kappa shape index (κ2) is 6.16. The Labute approximate surface area is 142 Å². The van der Waals surface area contributed by atoms with Gasteiger partial charge < -0.3 is 5.73 Å². The number of likely N-dealkylation sites (tertiary alicyclic amines) is 1. The Morgan fingerprint density at radius 3 is 2.83 bits per heavy atom. The number of benzene rings is 2. The fourth-order valence-corrected chi connectivity index (χ4v) is 4.19. The van der Waals surface area contributed by atoms with Crippen LogP contribution >= 0.6 is 0 Å². The molecule has 2 aliphatic heterocycles. The molecule has 2 aromatic carbocycles. The monoisotopic (exact) mass is 324 g/mol. The fraction of sp³-hybridized carbons (Fsp3) is 0.421. The summed E-state index contributed by atoms with van der Waals surface area (Å²) in [6.07, 6.45) is 1.02. The van der Waals surface area contributed by atoms with E-state index in [1.807, 2.05) is 6.92 Å². The van der Waals surface area contributed by atoms with Gasteiger partial charge in [0.25, 0.3) is 0 Å². The predicted molar refractivity (Wildman–Crippen MR) is 95.1 cm³/mol. The molecule has 4 N–H and O–H groups in total. The molecule has 0 aromatic heterocycles. The minimum atomic E-state index is -0.242. The maximum atomic E-state index is 11.6. The third-order valence-corrected chi connectivity index (χ3v) is 5.66. The largest absolute Gasteiger partial charge is 0.368 e. The molecule has 2 heterocycles. The molecule has 0 spiro atoms. The van der Waals surface area contributed by atoms with Crippen LogP contribution < -0.4 is 16.6 Å². The maximum absolute atomic E-state index is 11.6. The molecular formula is C19H24N4O. The number of rotatable bonds is 3. The van der Waals surface area contributed by atoms with E-state index in [1.165, 1.54) is 16.3 Å². The highest BCUT2D eigenvalue weighted by Crippen LogP contribution is 2.37. The summed E-state index contributed by atoms with van der Waals surface area (Å²) in [6.45, 7) is 3.69. The molecule has 2 aliphatic rings. The summed E-state index contributed by atoms with van der Waals surface area (Å²) in [5.74, 6) is 0.181. The number of carbonyl (C=O) groups excluding carboxylic acids is 1. The number of carbonyl (C=O) groups is 1. The number of fused-ring (bicyclic) bond motifs is 2. The molecule has 0 saturated carbocycles. The first-order valence-corrected chi connectivity index (χ1v) is 8.67. The summed E-state index contributed by atoms with van der Waals surface area (Å²) < 4.78 is 0. The molecule has 2 aromatic rings. The van der Waals surface area contributed by atoms with Crippen molar-refractivity contribution in [1.82, 2.24) is 15.8 Å². The van der Waals surface area contributed by atoms with E-state index >= 15 is 0 Å². The molecule has 2 fully saturated rings. The summed E-state index contributed by atoms with van der Waals surface area (Å²) in [6, 6.07) is 15.5. The zero-order valence-electron chi connectivity index (χ0n) is 13.9. The first-order valence-electron chi connectivity index (χ1n) is 8.67. The van der Waals surface area contributed by atoms with Gasteiger partial charge in [-0.1, -0.05) is 42.5 Å². The van der Waals surface area contributed by atoms with E-state index in [9.17, 15) is 4.79 Å². The molecule has 5 nitrogen and oxygen atoms in total. The van der Waals surface area contributed by atoms with Gasteiger partial charge in [-0.05, 0) is 29.7 Å². The van der Waals surface area contributed by atoms with E-state index in [2.05, 4.69) is 58.2 Å². The van der Waals surface area contributed by atoms with Crippen molar-refractivity contribution in [3.63, 3.8) is 0 Å². The highest BCUT2D eigenvalue weighted by atomic mass is 16.1. The van der Waals surface area contributed by atoms with Gasteiger partial charge in [0.15, 0.2) is 0 Å². The van der Waals surface area contributed by atoms with Crippen molar-refractivity contribution in [3.05, 3.63) is 48.0 Å². The molecule has 1 amide bonds. The number of nitrogens with zero attached hydrogens (tertiary/aromatic N) is 1. The van der Waals surface area contributed by atoms with Crippen molar-refractivity contribution in [3.8, 4) is 0 Å². The van der Waals surface area contributed by atoms with E-state index in [1.54, 1.807) is 0 Å². The standard InChI is InChI=1S/C19H24N4O/c1-12(19(20)24)23-10-9-17-16(11-23)18(22-21-17)15-8-4-6-13-5-2-3-7-14(13)15/h2-8,12,16-18,21-22H,9-11H2,1H3,(H2,20,24). The van der Waals surface area contributed by atoms with E-state index in [4.69, 9.17) is 5.73 Å². The van der Waals surface area contributed by atoms with Crippen LogP contribution in [0.2, 0.25) is 0 Å².